The molecule has 0 bridgehead atoms. The predicted octanol–water partition coefficient (Wildman–Crippen LogP) is 3.72. The number of benzene rings is 1. The summed E-state index contributed by atoms with van der Waals surface area (Å²) in [5, 5.41) is 13.5. The van der Waals surface area contributed by atoms with Crippen LogP contribution in [0, 0.1) is 5.92 Å². The second-order valence-corrected chi connectivity index (χ2v) is 7.07. The Morgan fingerprint density at radius 3 is 2.90 bits per heavy atom. The summed E-state index contributed by atoms with van der Waals surface area (Å²) in [5.41, 5.74) is 2.63. The number of nitrogens with one attached hydrogen (secondary N) is 1. The summed E-state index contributed by atoms with van der Waals surface area (Å²) in [6.07, 6.45) is 1.83. The first-order valence-corrected chi connectivity index (χ1v) is 8.78. The summed E-state index contributed by atoms with van der Waals surface area (Å²) in [7, 11) is 0. The number of hydrogen-bond acceptors (Lipinski definition) is 3. The van der Waals surface area contributed by atoms with Gasteiger partial charge in [-0.15, -0.1) is 0 Å². The fourth-order valence-corrected chi connectivity index (χ4v) is 3.33. The molecular weight excluding hydrogens is 328 g/mol. The molecule has 0 aromatic heterocycles. The van der Waals surface area contributed by atoms with Crippen molar-refractivity contribution in [2.45, 2.75) is 45.8 Å². The van der Waals surface area contributed by atoms with Gasteiger partial charge in [0.2, 0.25) is 0 Å². The molecule has 3 unspecified atom stereocenters. The van der Waals surface area contributed by atoms with Gasteiger partial charge < -0.3 is 15.3 Å². The number of piperidine rings is 1. The highest BCUT2D eigenvalue weighted by Gasteiger charge is 2.26. The lowest BCUT2D eigenvalue weighted by molar-refractivity contribution is 0.0970. The van der Waals surface area contributed by atoms with E-state index in [9.17, 15) is 5.11 Å². The van der Waals surface area contributed by atoms with E-state index >= 15 is 0 Å². The van der Waals surface area contributed by atoms with E-state index in [1.807, 2.05) is 0 Å². The summed E-state index contributed by atoms with van der Waals surface area (Å²) in [5.74, 6) is 0.324. The molecule has 1 fully saturated rings. The van der Waals surface area contributed by atoms with Gasteiger partial charge in [-0.3, -0.25) is 0 Å². The fourth-order valence-electron chi connectivity index (χ4n) is 2.98. The minimum atomic E-state index is -0.160. The van der Waals surface area contributed by atoms with Gasteiger partial charge in [-0.1, -0.05) is 35.8 Å². The van der Waals surface area contributed by atoms with E-state index in [1.54, 1.807) is 0 Å². The zero-order valence-corrected chi connectivity index (χ0v) is 14.9. The molecule has 0 saturated carbocycles. The molecule has 0 radical (unpaired) electrons. The van der Waals surface area contributed by atoms with Crippen LogP contribution in [0.4, 0.5) is 5.69 Å². The lowest BCUT2D eigenvalue weighted by Gasteiger charge is -2.37. The zero-order valence-electron chi connectivity index (χ0n) is 13.3. The van der Waals surface area contributed by atoms with Crippen LogP contribution in [0.1, 0.15) is 45.2 Å². The lowest BCUT2D eigenvalue weighted by atomic mass is 9.95. The molecule has 118 valence electrons. The number of halogens is 1. The van der Waals surface area contributed by atoms with Gasteiger partial charge in [-0.05, 0) is 49.9 Å². The van der Waals surface area contributed by atoms with Crippen LogP contribution in [0.5, 0.6) is 0 Å². The van der Waals surface area contributed by atoms with Gasteiger partial charge in [0.1, 0.15) is 0 Å². The molecule has 0 spiro atoms. The van der Waals surface area contributed by atoms with Gasteiger partial charge in [-0.25, -0.2) is 0 Å². The van der Waals surface area contributed by atoms with Crippen molar-refractivity contribution in [1.29, 1.82) is 0 Å². The normalized spacial score (nSPS) is 24.1. The van der Waals surface area contributed by atoms with E-state index in [1.165, 1.54) is 11.3 Å². The van der Waals surface area contributed by atoms with Gasteiger partial charge in [0.25, 0.3) is 0 Å². The molecule has 0 amide bonds. The van der Waals surface area contributed by atoms with Gasteiger partial charge in [0, 0.05) is 29.3 Å². The van der Waals surface area contributed by atoms with Gasteiger partial charge in [-0.2, -0.15) is 0 Å². The number of aliphatic hydroxyl groups excluding tert-OH is 1. The highest BCUT2D eigenvalue weighted by Crippen LogP contribution is 2.32. The molecule has 21 heavy (non-hydrogen) atoms. The molecule has 3 nitrogen and oxygen atoms in total. The van der Waals surface area contributed by atoms with Crippen molar-refractivity contribution in [2.24, 2.45) is 5.92 Å². The van der Waals surface area contributed by atoms with Crippen LogP contribution in [-0.4, -0.2) is 30.8 Å². The number of hydrogen-bond donors (Lipinski definition) is 2. The average molecular weight is 355 g/mol. The molecule has 1 aromatic carbocycles. The average Bonchev–Trinajstić information content (AvgIpc) is 2.47. The smallest absolute Gasteiger partial charge is 0.0599 e. The third-order valence-electron chi connectivity index (χ3n) is 4.36. The summed E-state index contributed by atoms with van der Waals surface area (Å²) in [6.45, 7) is 9.43. The maximum atomic E-state index is 9.94. The minimum absolute atomic E-state index is 0.160. The lowest BCUT2D eigenvalue weighted by Crippen LogP contribution is -2.42. The topological polar surface area (TPSA) is 35.5 Å². The van der Waals surface area contributed by atoms with Crippen LogP contribution >= 0.6 is 15.9 Å². The first kappa shape index (κ1) is 16.8. The van der Waals surface area contributed by atoms with E-state index in [0.717, 1.165) is 36.9 Å². The Hall–Kier alpha value is -0.580. The van der Waals surface area contributed by atoms with Crippen LogP contribution in [0.2, 0.25) is 0 Å². The molecule has 3 atom stereocenters. The maximum Gasteiger partial charge on any atom is 0.0599 e. The van der Waals surface area contributed by atoms with Crippen LogP contribution in [0.15, 0.2) is 22.7 Å². The highest BCUT2D eigenvalue weighted by molar-refractivity contribution is 9.10. The van der Waals surface area contributed by atoms with Crippen LogP contribution < -0.4 is 10.2 Å². The predicted molar refractivity (Wildman–Crippen MR) is 92.9 cm³/mol. The van der Waals surface area contributed by atoms with E-state index in [4.69, 9.17) is 0 Å². The molecular formula is C17H27BrN2O. The summed E-state index contributed by atoms with van der Waals surface area (Å²) >= 11 is 3.60. The van der Waals surface area contributed by atoms with Crippen molar-refractivity contribution in [2.75, 3.05) is 24.5 Å². The zero-order chi connectivity index (χ0) is 15.4. The molecule has 0 aliphatic carbocycles. The van der Waals surface area contributed by atoms with Crippen LogP contribution in [-0.2, 0) is 0 Å². The number of anilines is 1. The van der Waals surface area contributed by atoms with Crippen molar-refractivity contribution in [3.05, 3.63) is 28.2 Å². The third kappa shape index (κ3) is 4.21. The van der Waals surface area contributed by atoms with E-state index in [-0.39, 0.29) is 6.10 Å². The van der Waals surface area contributed by atoms with E-state index in [0.29, 0.717) is 12.0 Å². The van der Waals surface area contributed by atoms with Gasteiger partial charge in [0.05, 0.1) is 6.10 Å². The molecule has 1 aliphatic heterocycles. The minimum Gasteiger partial charge on any atom is -0.393 e. The summed E-state index contributed by atoms with van der Waals surface area (Å²) in [4.78, 5) is 2.42. The Bertz CT molecular complexity index is 466. The highest BCUT2D eigenvalue weighted by atomic mass is 79.9. The molecule has 4 heteroatoms. The number of rotatable bonds is 5. The summed E-state index contributed by atoms with van der Waals surface area (Å²) < 4.78 is 1.11. The molecule has 1 aliphatic rings. The van der Waals surface area contributed by atoms with Crippen molar-refractivity contribution in [3.63, 3.8) is 0 Å². The fraction of sp³-hybridized carbons (Fsp3) is 0.647. The van der Waals surface area contributed by atoms with Crippen molar-refractivity contribution >= 4 is 21.6 Å². The molecule has 1 aromatic rings. The number of aliphatic hydroxyl groups is 1. The standard InChI is InChI=1S/C17H27BrN2O/c1-4-8-19-13(3)15-6-5-14(18)10-16(15)20-9-7-17(21)12(2)11-20/h5-6,10,12-13,17,19,21H,4,7-9,11H2,1-3H3. The van der Waals surface area contributed by atoms with Crippen molar-refractivity contribution in [3.8, 4) is 0 Å². The Morgan fingerprint density at radius 2 is 2.24 bits per heavy atom. The second kappa shape index (κ2) is 7.61. The molecule has 2 N–H and O–H groups in total. The summed E-state index contributed by atoms with van der Waals surface area (Å²) in [6, 6.07) is 6.88. The monoisotopic (exact) mass is 354 g/mol. The maximum absolute atomic E-state index is 9.94. The van der Waals surface area contributed by atoms with Crippen LogP contribution in [0.25, 0.3) is 0 Å². The van der Waals surface area contributed by atoms with E-state index < -0.39 is 0 Å². The molecule has 1 saturated heterocycles. The first-order valence-electron chi connectivity index (χ1n) is 7.98. The third-order valence-corrected chi connectivity index (χ3v) is 4.85. The molecule has 1 heterocycles. The largest absolute Gasteiger partial charge is 0.393 e. The first-order chi connectivity index (χ1) is 10.0. The SMILES string of the molecule is CCCNC(C)c1ccc(Br)cc1N1CCC(O)C(C)C1. The Morgan fingerprint density at radius 1 is 1.48 bits per heavy atom. The quantitative estimate of drug-likeness (QED) is 0.845. The Kier molecular flexibility index (Phi) is 6.08. The number of nitrogens with zero attached hydrogens (tertiary/aromatic N) is 1. The second-order valence-electron chi connectivity index (χ2n) is 6.16. The Labute approximate surface area is 136 Å². The van der Waals surface area contributed by atoms with Gasteiger partial charge in [0.15, 0.2) is 0 Å². The Balaban J connectivity index is 2.22. The van der Waals surface area contributed by atoms with E-state index in [2.05, 4.69) is 65.1 Å². The van der Waals surface area contributed by atoms with Crippen molar-refractivity contribution in [1.82, 2.24) is 5.32 Å². The van der Waals surface area contributed by atoms with Gasteiger partial charge >= 0.3 is 0 Å². The van der Waals surface area contributed by atoms with Crippen molar-refractivity contribution < 1.29 is 5.11 Å². The van der Waals surface area contributed by atoms with Crippen LogP contribution in [0.3, 0.4) is 0 Å². The molecule has 2 rings (SSSR count).